The summed E-state index contributed by atoms with van der Waals surface area (Å²) in [6.07, 6.45) is -11.9. The highest BCUT2D eigenvalue weighted by Gasteiger charge is 2.40. The normalized spacial score (nSPS) is 10.7. The predicted octanol–water partition coefficient (Wildman–Crippen LogP) is 6.90. The van der Waals surface area contributed by atoms with E-state index in [4.69, 9.17) is 10.8 Å². The third kappa shape index (κ3) is 16.2. The molecule has 0 atom stereocenters. The number of carbonyl (C=O) groups excluding carboxylic acids is 2. The number of aryl methyl sites for hydroxylation is 6. The fourth-order valence-electron chi connectivity index (χ4n) is 4.13. The molecule has 0 radical (unpaired) electrons. The van der Waals surface area contributed by atoms with Crippen molar-refractivity contribution in [2.24, 2.45) is 5.73 Å². The van der Waals surface area contributed by atoms with Gasteiger partial charge < -0.3 is 11.2 Å². The Hall–Kier alpha value is -6.19. The minimum absolute atomic E-state index is 0. The predicted molar refractivity (Wildman–Crippen MR) is 186 cm³/mol. The summed E-state index contributed by atoms with van der Waals surface area (Å²) in [5.41, 5.74) is 16.4. The number of nitrogens with zero attached hydrogens (tertiary/aromatic N) is 4. The SMILES string of the molecule is Cc1ccc(-n2cnc(C(F)(F)F)n2)c(C)c1.Cc1ccc(N(C=N)NC(=O)C(F)(F)F)c(C)c1.Cc1ccc(NNC(=O)C(F)(F)F)c(C)c1.N=CN.[OH-]. The number of halogens is 9. The molecule has 0 fully saturated rings. The van der Waals surface area contributed by atoms with Crippen LogP contribution in [0, 0.1) is 52.4 Å². The second-order valence-corrected chi connectivity index (χ2v) is 11.1. The largest absolute Gasteiger partial charge is 0.870 e. The molecule has 0 unspecified atom stereocenters. The van der Waals surface area contributed by atoms with Crippen molar-refractivity contribution in [1.29, 1.82) is 10.8 Å². The minimum Gasteiger partial charge on any atom is -0.870 e. The second kappa shape index (κ2) is 20.9. The molecule has 4 aromatic rings. The molecule has 0 aliphatic heterocycles. The number of anilines is 2. The number of hydrazine groups is 2. The van der Waals surface area contributed by atoms with E-state index in [1.165, 1.54) is 6.07 Å². The van der Waals surface area contributed by atoms with Crippen LogP contribution in [-0.2, 0) is 15.8 Å². The molecule has 2 amide bonds. The number of hydrogen-bond acceptors (Lipinski definition) is 8. The van der Waals surface area contributed by atoms with Crippen LogP contribution in [-0.4, -0.2) is 57.1 Å². The number of hydrogen-bond donors (Lipinski definition) is 6. The first-order valence-corrected chi connectivity index (χ1v) is 15.1. The van der Waals surface area contributed by atoms with Gasteiger partial charge in [-0.1, -0.05) is 53.1 Å². The van der Waals surface area contributed by atoms with Crippen molar-refractivity contribution >= 4 is 35.9 Å². The van der Waals surface area contributed by atoms with Gasteiger partial charge in [-0.25, -0.2) is 14.7 Å². The van der Waals surface area contributed by atoms with E-state index in [2.05, 4.69) is 21.2 Å². The molecule has 0 saturated carbocycles. The zero-order valence-corrected chi connectivity index (χ0v) is 30.0. The topological polar surface area (TPSA) is 208 Å². The molecule has 8 N–H and O–H groups in total. The summed E-state index contributed by atoms with van der Waals surface area (Å²) in [5.74, 6) is -5.27. The zero-order chi connectivity index (χ0) is 41.6. The molecule has 13 nitrogen and oxygen atoms in total. The van der Waals surface area contributed by atoms with E-state index in [-0.39, 0.29) is 5.48 Å². The van der Waals surface area contributed by atoms with Crippen molar-refractivity contribution in [3.8, 4) is 5.69 Å². The zero-order valence-electron chi connectivity index (χ0n) is 30.0. The Morgan fingerprint density at radius 2 is 1.22 bits per heavy atom. The summed E-state index contributed by atoms with van der Waals surface area (Å²) < 4.78 is 110. The number of carbonyl (C=O) groups is 2. The molecule has 22 heteroatoms. The second-order valence-electron chi connectivity index (χ2n) is 11.1. The van der Waals surface area contributed by atoms with E-state index in [1.54, 1.807) is 61.1 Å². The molecule has 0 aliphatic rings. The molecule has 0 saturated heterocycles. The van der Waals surface area contributed by atoms with Gasteiger partial charge in [0.15, 0.2) is 0 Å². The van der Waals surface area contributed by atoms with Gasteiger partial charge in [-0.3, -0.25) is 36.7 Å². The van der Waals surface area contributed by atoms with E-state index in [0.29, 0.717) is 29.0 Å². The first-order valence-electron chi connectivity index (χ1n) is 15.1. The number of aromatic nitrogens is 3. The van der Waals surface area contributed by atoms with E-state index < -0.39 is 36.2 Å². The van der Waals surface area contributed by atoms with Crippen LogP contribution in [0.4, 0.5) is 50.9 Å². The molecule has 1 heterocycles. The van der Waals surface area contributed by atoms with E-state index >= 15 is 0 Å². The van der Waals surface area contributed by atoms with Crippen LogP contribution in [0.1, 0.15) is 39.2 Å². The van der Waals surface area contributed by atoms with Crippen molar-refractivity contribution in [3.05, 3.63) is 100 Å². The Bertz CT molecular complexity index is 1890. The van der Waals surface area contributed by atoms with Gasteiger partial charge >= 0.3 is 30.3 Å². The summed E-state index contributed by atoms with van der Waals surface area (Å²) in [6, 6.07) is 15.5. The lowest BCUT2D eigenvalue weighted by atomic mass is 10.1. The summed E-state index contributed by atoms with van der Waals surface area (Å²) in [6.45, 7) is 10.8. The highest BCUT2D eigenvalue weighted by molar-refractivity contribution is 5.89. The molecule has 0 aliphatic carbocycles. The first kappa shape index (κ1) is 48.8. The summed E-state index contributed by atoms with van der Waals surface area (Å²) in [7, 11) is 0. The van der Waals surface area contributed by atoms with Gasteiger partial charge in [0.25, 0.3) is 5.82 Å². The highest BCUT2D eigenvalue weighted by Crippen LogP contribution is 2.26. The van der Waals surface area contributed by atoms with Crippen LogP contribution in [0.5, 0.6) is 0 Å². The van der Waals surface area contributed by atoms with Gasteiger partial charge in [-0.05, 0) is 76.4 Å². The number of benzene rings is 3. The average Bonchev–Trinajstić information content (AvgIpc) is 3.54. The Labute approximate surface area is 309 Å². The quantitative estimate of drug-likeness (QED) is 0.0523. The molecular weight excluding hydrogens is 755 g/mol. The lowest BCUT2D eigenvalue weighted by Gasteiger charge is -2.22. The smallest absolute Gasteiger partial charge is 0.472 e. The summed E-state index contributed by atoms with van der Waals surface area (Å²) >= 11 is 0. The van der Waals surface area contributed by atoms with Crippen LogP contribution in [0.25, 0.3) is 5.69 Å². The molecule has 55 heavy (non-hydrogen) atoms. The fraction of sp³-hybridized carbons (Fsp3) is 0.273. The van der Waals surface area contributed by atoms with Crippen LogP contribution in [0.2, 0.25) is 0 Å². The van der Waals surface area contributed by atoms with Crippen LogP contribution in [0.3, 0.4) is 0 Å². The molecule has 4 rings (SSSR count). The summed E-state index contributed by atoms with van der Waals surface area (Å²) in [4.78, 5) is 24.6. The van der Waals surface area contributed by atoms with Gasteiger partial charge in [0.2, 0.25) is 0 Å². The molecule has 0 bridgehead atoms. The molecule has 3 aromatic carbocycles. The monoisotopic (exact) mass is 793 g/mol. The standard InChI is InChI=1S/C11H12F3N3O.C11H10F3N3.C10H11F3N2O.CH4N2.H2O/c1-7-3-4-9(8(2)5-7)17(6-15)16-10(18)11(12,13)14;1-7-3-4-9(8(2)5-7)17-6-15-10(16-17)11(12,13)14;1-6-3-4-8(7(2)5-6)14-15-9(16)10(11,12)13;2-1-3;/h3-6,15H,1-2H3,(H,16,18);3-6H,1-2H3;3-5,14H,1-2H3,(H,15,16);1H,(H3,2,3);1H2/p-1. The number of alkyl halides is 9. The average molecular weight is 794 g/mol. The Kier molecular flexibility index (Phi) is 18.5. The number of nitrogens with two attached hydrogens (primary N) is 1. The van der Waals surface area contributed by atoms with Crippen molar-refractivity contribution in [1.82, 2.24) is 25.6 Å². The van der Waals surface area contributed by atoms with Crippen molar-refractivity contribution < 1.29 is 54.6 Å². The number of amides is 2. The molecular formula is C33H38F9N10O3-. The van der Waals surface area contributed by atoms with Gasteiger partial charge in [-0.2, -0.15) is 39.5 Å². The maximum absolute atomic E-state index is 12.3. The lowest BCUT2D eigenvalue weighted by Crippen LogP contribution is -2.47. The maximum Gasteiger partial charge on any atom is 0.472 e. The van der Waals surface area contributed by atoms with Crippen LogP contribution < -0.4 is 27.0 Å². The fourth-order valence-corrected chi connectivity index (χ4v) is 4.13. The molecule has 0 spiro atoms. The third-order valence-corrected chi connectivity index (χ3v) is 6.51. The Morgan fingerprint density at radius 1 is 0.745 bits per heavy atom. The molecule has 302 valence electrons. The van der Waals surface area contributed by atoms with Gasteiger partial charge in [0.1, 0.15) is 12.7 Å². The van der Waals surface area contributed by atoms with E-state index in [0.717, 1.165) is 50.2 Å². The minimum atomic E-state index is -4.99. The van der Waals surface area contributed by atoms with Crippen LogP contribution >= 0.6 is 0 Å². The summed E-state index contributed by atoms with van der Waals surface area (Å²) in [5, 5.41) is 17.1. The Morgan fingerprint density at radius 3 is 1.64 bits per heavy atom. The van der Waals surface area contributed by atoms with Crippen molar-refractivity contribution in [3.63, 3.8) is 0 Å². The van der Waals surface area contributed by atoms with Crippen LogP contribution in [0.15, 0.2) is 60.9 Å². The number of rotatable bonds is 6. The van der Waals surface area contributed by atoms with E-state index in [1.807, 2.05) is 39.8 Å². The van der Waals surface area contributed by atoms with Gasteiger partial charge in [-0.15, -0.1) is 5.10 Å². The van der Waals surface area contributed by atoms with Crippen molar-refractivity contribution in [2.75, 3.05) is 10.4 Å². The lowest BCUT2D eigenvalue weighted by molar-refractivity contribution is -0.173. The number of nitrogens with one attached hydrogen (secondary N) is 5. The van der Waals surface area contributed by atoms with Crippen molar-refractivity contribution in [2.45, 2.75) is 60.1 Å². The highest BCUT2D eigenvalue weighted by atomic mass is 19.4. The van der Waals surface area contributed by atoms with E-state index in [9.17, 15) is 49.1 Å². The van der Waals surface area contributed by atoms with Gasteiger partial charge in [0, 0.05) is 0 Å². The van der Waals surface area contributed by atoms with Gasteiger partial charge in [0.05, 0.1) is 23.4 Å². The maximum atomic E-state index is 12.3. The third-order valence-electron chi connectivity index (χ3n) is 6.51. The molecule has 1 aromatic heterocycles. The first-order chi connectivity index (χ1) is 24.8. The Balaban J connectivity index is 0.000000761.